The molecule has 1 saturated heterocycles. The smallest absolute Gasteiger partial charge is 0.407 e. The second-order valence-corrected chi connectivity index (χ2v) is 8.83. The van der Waals surface area contributed by atoms with E-state index in [2.05, 4.69) is 34.9 Å². The van der Waals surface area contributed by atoms with Gasteiger partial charge in [-0.05, 0) is 41.5 Å². The Hall–Kier alpha value is -3.39. The average molecular weight is 467 g/mol. The second kappa shape index (κ2) is 10.7. The zero-order chi connectivity index (χ0) is 24.1. The van der Waals surface area contributed by atoms with Crippen molar-refractivity contribution in [3.63, 3.8) is 0 Å². The number of ether oxygens (including phenoxy) is 2. The predicted molar refractivity (Wildman–Crippen MR) is 125 cm³/mol. The molecular formula is C26H30N2O6. The Kier molecular flexibility index (Phi) is 7.47. The largest absolute Gasteiger partial charge is 0.481 e. The number of nitrogens with one attached hydrogen (secondary N) is 2. The van der Waals surface area contributed by atoms with E-state index < -0.39 is 30.1 Å². The van der Waals surface area contributed by atoms with Gasteiger partial charge in [0.05, 0.1) is 12.0 Å². The maximum Gasteiger partial charge on any atom is 0.407 e. The molecule has 1 heterocycles. The molecule has 1 fully saturated rings. The zero-order valence-electron chi connectivity index (χ0n) is 19.2. The maximum absolute atomic E-state index is 12.6. The third-order valence-corrected chi connectivity index (χ3v) is 6.53. The number of carboxylic acids is 1. The van der Waals surface area contributed by atoms with Crippen molar-refractivity contribution in [1.29, 1.82) is 0 Å². The van der Waals surface area contributed by atoms with Crippen LogP contribution < -0.4 is 10.6 Å². The molecule has 8 nitrogen and oxygen atoms in total. The molecule has 1 aliphatic carbocycles. The molecule has 2 aromatic rings. The molecule has 180 valence electrons. The normalized spacial score (nSPS) is 19.7. The van der Waals surface area contributed by atoms with Gasteiger partial charge in [0.15, 0.2) is 6.10 Å². The Morgan fingerprint density at radius 3 is 2.38 bits per heavy atom. The molecule has 0 bridgehead atoms. The van der Waals surface area contributed by atoms with Crippen molar-refractivity contribution >= 4 is 18.0 Å². The van der Waals surface area contributed by atoms with E-state index >= 15 is 0 Å². The van der Waals surface area contributed by atoms with Crippen molar-refractivity contribution < 1.29 is 29.0 Å². The minimum atomic E-state index is -0.849. The van der Waals surface area contributed by atoms with Crippen molar-refractivity contribution in [2.75, 3.05) is 19.8 Å². The van der Waals surface area contributed by atoms with Crippen molar-refractivity contribution in [1.82, 2.24) is 10.6 Å². The summed E-state index contributed by atoms with van der Waals surface area (Å²) < 4.78 is 11.1. The fraction of sp³-hybridized carbons (Fsp3) is 0.423. The van der Waals surface area contributed by atoms with Gasteiger partial charge < -0.3 is 25.2 Å². The van der Waals surface area contributed by atoms with E-state index in [9.17, 15) is 14.4 Å². The van der Waals surface area contributed by atoms with Crippen LogP contribution in [0, 0.1) is 5.92 Å². The SMILES string of the molecule is CC(CCCNC(=O)[C@H]1OCC[C@H]1NC(=O)OCC1c2ccccc2-c2ccccc21)C(=O)O. The lowest BCUT2D eigenvalue weighted by Gasteiger charge is -2.20. The van der Waals surface area contributed by atoms with E-state index in [-0.39, 0.29) is 18.4 Å². The summed E-state index contributed by atoms with van der Waals surface area (Å²) in [4.78, 5) is 36.0. The molecule has 34 heavy (non-hydrogen) atoms. The number of carbonyl (C=O) groups excluding carboxylic acids is 2. The van der Waals surface area contributed by atoms with Gasteiger partial charge in [-0.3, -0.25) is 9.59 Å². The number of benzene rings is 2. The number of carboxylic acid groups (broad SMARTS) is 1. The Labute approximate surface area is 198 Å². The first-order valence-electron chi connectivity index (χ1n) is 11.7. The lowest BCUT2D eigenvalue weighted by atomic mass is 9.98. The number of hydrogen-bond acceptors (Lipinski definition) is 5. The standard InChI is InChI=1S/C26H30N2O6/c1-16(25(30)31)7-6-13-27-24(29)23-22(12-14-33-23)28-26(32)34-15-21-19-10-4-2-8-17(19)18-9-3-5-11-20(18)21/h2-5,8-11,16,21-23H,6-7,12-15H2,1H3,(H,27,29)(H,28,32)(H,30,31)/t16?,22-,23+/m1/s1. The van der Waals surface area contributed by atoms with Crippen LogP contribution in [0.2, 0.25) is 0 Å². The lowest BCUT2D eigenvalue weighted by Crippen LogP contribution is -2.48. The highest BCUT2D eigenvalue weighted by Crippen LogP contribution is 2.44. The Morgan fingerprint density at radius 2 is 1.74 bits per heavy atom. The summed E-state index contributed by atoms with van der Waals surface area (Å²) in [6.45, 7) is 2.56. The molecule has 3 atom stereocenters. The number of hydrogen-bond donors (Lipinski definition) is 3. The number of aliphatic carboxylic acids is 1. The van der Waals surface area contributed by atoms with Crippen LogP contribution in [0.1, 0.15) is 43.2 Å². The molecule has 4 rings (SSSR count). The van der Waals surface area contributed by atoms with Gasteiger partial charge in [-0.15, -0.1) is 0 Å². The zero-order valence-corrected chi connectivity index (χ0v) is 19.2. The summed E-state index contributed by atoms with van der Waals surface area (Å²) in [5, 5.41) is 14.5. The summed E-state index contributed by atoms with van der Waals surface area (Å²) in [5.41, 5.74) is 4.59. The quantitative estimate of drug-likeness (QED) is 0.489. The highest BCUT2D eigenvalue weighted by molar-refractivity contribution is 5.83. The van der Waals surface area contributed by atoms with Gasteiger partial charge in [0, 0.05) is 19.1 Å². The third kappa shape index (κ3) is 5.22. The number of rotatable bonds is 9. The van der Waals surface area contributed by atoms with E-state index in [1.807, 2.05) is 24.3 Å². The van der Waals surface area contributed by atoms with Crippen LogP contribution in [0.4, 0.5) is 4.79 Å². The van der Waals surface area contributed by atoms with Crippen LogP contribution in [-0.4, -0.2) is 55.0 Å². The molecule has 0 saturated carbocycles. The molecule has 2 aromatic carbocycles. The van der Waals surface area contributed by atoms with Crippen LogP contribution in [-0.2, 0) is 19.1 Å². The Balaban J connectivity index is 1.28. The predicted octanol–water partition coefficient (Wildman–Crippen LogP) is 3.30. The van der Waals surface area contributed by atoms with Gasteiger partial charge >= 0.3 is 12.1 Å². The monoisotopic (exact) mass is 466 g/mol. The van der Waals surface area contributed by atoms with E-state index in [0.717, 1.165) is 22.3 Å². The van der Waals surface area contributed by atoms with Gasteiger partial charge in [0.1, 0.15) is 6.61 Å². The number of carbonyl (C=O) groups is 3. The van der Waals surface area contributed by atoms with Crippen molar-refractivity contribution in [3.05, 3.63) is 59.7 Å². The van der Waals surface area contributed by atoms with Crippen LogP contribution in [0.3, 0.4) is 0 Å². The summed E-state index contributed by atoms with van der Waals surface area (Å²) in [5.74, 6) is -1.66. The lowest BCUT2D eigenvalue weighted by molar-refractivity contribution is -0.141. The van der Waals surface area contributed by atoms with E-state index in [4.69, 9.17) is 14.6 Å². The van der Waals surface area contributed by atoms with Crippen LogP contribution in [0.15, 0.2) is 48.5 Å². The topological polar surface area (TPSA) is 114 Å². The molecule has 0 radical (unpaired) electrons. The first kappa shape index (κ1) is 23.8. The van der Waals surface area contributed by atoms with Crippen LogP contribution in [0.5, 0.6) is 0 Å². The fourth-order valence-electron chi connectivity index (χ4n) is 4.63. The highest BCUT2D eigenvalue weighted by Gasteiger charge is 2.36. The van der Waals surface area contributed by atoms with Crippen LogP contribution in [0.25, 0.3) is 11.1 Å². The van der Waals surface area contributed by atoms with Gasteiger partial charge in [-0.1, -0.05) is 55.5 Å². The minimum absolute atomic E-state index is 0.0368. The van der Waals surface area contributed by atoms with Gasteiger partial charge in [-0.2, -0.15) is 0 Å². The first-order chi connectivity index (χ1) is 16.5. The molecular weight excluding hydrogens is 436 g/mol. The summed E-state index contributed by atoms with van der Waals surface area (Å²) in [7, 11) is 0. The van der Waals surface area contributed by atoms with Gasteiger partial charge in [-0.25, -0.2) is 4.79 Å². The number of amides is 2. The van der Waals surface area contributed by atoms with E-state index in [1.54, 1.807) is 6.92 Å². The Morgan fingerprint density at radius 1 is 1.09 bits per heavy atom. The van der Waals surface area contributed by atoms with Crippen LogP contribution >= 0.6 is 0 Å². The average Bonchev–Trinajstić information content (AvgIpc) is 3.42. The molecule has 1 unspecified atom stereocenters. The Bertz CT molecular complexity index is 1010. The summed E-state index contributed by atoms with van der Waals surface area (Å²) in [6.07, 6.45) is 0.167. The number of fused-ring (bicyclic) bond motifs is 3. The maximum atomic E-state index is 12.6. The molecule has 0 aromatic heterocycles. The summed E-state index contributed by atoms with van der Waals surface area (Å²) in [6, 6.07) is 15.8. The number of alkyl carbamates (subject to hydrolysis) is 1. The first-order valence-corrected chi connectivity index (χ1v) is 11.7. The van der Waals surface area contributed by atoms with Gasteiger partial charge in [0.25, 0.3) is 5.91 Å². The van der Waals surface area contributed by atoms with E-state index in [0.29, 0.717) is 32.4 Å². The second-order valence-electron chi connectivity index (χ2n) is 8.83. The van der Waals surface area contributed by atoms with Gasteiger partial charge in [0.2, 0.25) is 0 Å². The molecule has 2 aliphatic rings. The molecule has 1 aliphatic heterocycles. The van der Waals surface area contributed by atoms with E-state index in [1.165, 1.54) is 0 Å². The molecule has 0 spiro atoms. The van der Waals surface area contributed by atoms with Crippen molar-refractivity contribution in [2.45, 2.75) is 44.2 Å². The fourth-order valence-corrected chi connectivity index (χ4v) is 4.63. The van der Waals surface area contributed by atoms with Crippen molar-refractivity contribution in [2.24, 2.45) is 5.92 Å². The minimum Gasteiger partial charge on any atom is -0.481 e. The highest BCUT2D eigenvalue weighted by atomic mass is 16.6. The molecule has 3 N–H and O–H groups in total. The molecule has 8 heteroatoms. The third-order valence-electron chi connectivity index (χ3n) is 6.53. The summed E-state index contributed by atoms with van der Waals surface area (Å²) >= 11 is 0. The van der Waals surface area contributed by atoms with Crippen molar-refractivity contribution in [3.8, 4) is 11.1 Å². The molecule has 2 amide bonds.